The van der Waals surface area contributed by atoms with Crippen molar-refractivity contribution in [3.8, 4) is 0 Å². The number of anilines is 1. The van der Waals surface area contributed by atoms with Gasteiger partial charge in [0.1, 0.15) is 11.6 Å². The van der Waals surface area contributed by atoms with E-state index in [0.29, 0.717) is 5.92 Å². The highest BCUT2D eigenvalue weighted by Crippen LogP contribution is 2.30. The van der Waals surface area contributed by atoms with Gasteiger partial charge in [-0.1, -0.05) is 13.8 Å². The maximum absolute atomic E-state index is 4.59. The normalized spacial score (nSPS) is 13.8. The number of rotatable bonds is 4. The molecule has 20 heavy (non-hydrogen) atoms. The summed E-state index contributed by atoms with van der Waals surface area (Å²) >= 11 is 1.95. The Morgan fingerprint density at radius 2 is 2.10 bits per heavy atom. The van der Waals surface area contributed by atoms with Crippen molar-refractivity contribution in [2.45, 2.75) is 52.5 Å². The van der Waals surface area contributed by atoms with Crippen molar-refractivity contribution in [3.63, 3.8) is 0 Å². The Bertz CT molecular complexity index is 595. The van der Waals surface area contributed by atoms with Crippen molar-refractivity contribution in [2.75, 3.05) is 5.32 Å². The van der Waals surface area contributed by atoms with Crippen LogP contribution in [0.15, 0.2) is 12.1 Å². The summed E-state index contributed by atoms with van der Waals surface area (Å²) in [6.45, 7) is 7.15. The Morgan fingerprint density at radius 3 is 2.85 bits per heavy atom. The number of aromatic nitrogens is 2. The van der Waals surface area contributed by atoms with E-state index in [2.05, 4.69) is 35.2 Å². The molecule has 0 aromatic carbocycles. The average molecular weight is 287 g/mol. The molecule has 2 heterocycles. The molecule has 1 aliphatic carbocycles. The van der Waals surface area contributed by atoms with Gasteiger partial charge in [0.15, 0.2) is 0 Å². The molecule has 2 aromatic rings. The lowest BCUT2D eigenvalue weighted by atomic mass is 10.2. The van der Waals surface area contributed by atoms with Crippen LogP contribution in [0.4, 0.5) is 5.82 Å². The van der Waals surface area contributed by atoms with Gasteiger partial charge in [-0.05, 0) is 37.8 Å². The molecule has 2 aromatic heterocycles. The second-order valence-corrected chi connectivity index (χ2v) is 7.00. The number of aryl methyl sites for hydroxylation is 3. The molecular formula is C16H21N3S. The third-order valence-corrected chi connectivity index (χ3v) is 4.87. The second kappa shape index (κ2) is 5.52. The van der Waals surface area contributed by atoms with Gasteiger partial charge in [-0.3, -0.25) is 0 Å². The maximum Gasteiger partial charge on any atom is 0.133 e. The highest BCUT2D eigenvalue weighted by atomic mass is 32.1. The Hall–Kier alpha value is -1.42. The zero-order chi connectivity index (χ0) is 14.1. The van der Waals surface area contributed by atoms with E-state index in [1.54, 1.807) is 10.4 Å². The summed E-state index contributed by atoms with van der Waals surface area (Å²) in [6.07, 6.45) is 3.86. The van der Waals surface area contributed by atoms with Crippen LogP contribution in [-0.2, 0) is 19.4 Å². The molecule has 3 nitrogen and oxygen atoms in total. The number of fused-ring (bicyclic) bond motifs is 1. The molecule has 0 fully saturated rings. The van der Waals surface area contributed by atoms with Gasteiger partial charge in [-0.25, -0.2) is 9.97 Å². The molecule has 1 N–H and O–H groups in total. The van der Waals surface area contributed by atoms with Gasteiger partial charge in [0.05, 0.1) is 6.54 Å². The molecule has 3 rings (SSSR count). The van der Waals surface area contributed by atoms with Gasteiger partial charge in [0, 0.05) is 27.4 Å². The number of hydrogen-bond acceptors (Lipinski definition) is 4. The molecule has 0 saturated carbocycles. The predicted octanol–water partition coefficient (Wildman–Crippen LogP) is 4.07. The summed E-state index contributed by atoms with van der Waals surface area (Å²) in [5.41, 5.74) is 2.59. The highest BCUT2D eigenvalue weighted by molar-refractivity contribution is 7.12. The lowest BCUT2D eigenvalue weighted by molar-refractivity contribution is 0.767. The first kappa shape index (κ1) is 13.6. The zero-order valence-electron chi connectivity index (χ0n) is 12.4. The fourth-order valence-electron chi connectivity index (χ4n) is 2.60. The minimum Gasteiger partial charge on any atom is -0.365 e. The van der Waals surface area contributed by atoms with Crippen molar-refractivity contribution in [1.29, 1.82) is 0 Å². The van der Waals surface area contributed by atoms with Gasteiger partial charge in [0.2, 0.25) is 0 Å². The van der Waals surface area contributed by atoms with E-state index in [1.807, 2.05) is 24.3 Å². The first-order chi connectivity index (χ1) is 9.61. The molecule has 4 heteroatoms. The molecular weight excluding hydrogens is 266 g/mol. The van der Waals surface area contributed by atoms with Gasteiger partial charge >= 0.3 is 0 Å². The fraction of sp³-hybridized carbons (Fsp3) is 0.500. The van der Waals surface area contributed by atoms with Crippen LogP contribution in [0.2, 0.25) is 0 Å². The molecule has 0 aliphatic heterocycles. The summed E-state index contributed by atoms with van der Waals surface area (Å²) in [4.78, 5) is 12.1. The SMILES string of the molecule is Cc1cc(NCc2cc3c(s2)CCC3)nc(C(C)C)n1. The molecule has 0 radical (unpaired) electrons. The van der Waals surface area contributed by atoms with E-state index in [0.717, 1.165) is 23.9 Å². The zero-order valence-corrected chi connectivity index (χ0v) is 13.2. The van der Waals surface area contributed by atoms with Crippen molar-refractivity contribution < 1.29 is 0 Å². The van der Waals surface area contributed by atoms with Crippen molar-refractivity contribution in [3.05, 3.63) is 39.0 Å². The largest absolute Gasteiger partial charge is 0.365 e. The topological polar surface area (TPSA) is 37.8 Å². The average Bonchev–Trinajstić information content (AvgIpc) is 2.96. The van der Waals surface area contributed by atoms with Gasteiger partial charge in [-0.2, -0.15) is 0 Å². The molecule has 1 aliphatic rings. The van der Waals surface area contributed by atoms with Crippen LogP contribution in [0.25, 0.3) is 0 Å². The Kier molecular flexibility index (Phi) is 3.74. The Balaban J connectivity index is 1.71. The van der Waals surface area contributed by atoms with Crippen molar-refractivity contribution in [2.24, 2.45) is 0 Å². The van der Waals surface area contributed by atoms with E-state index in [-0.39, 0.29) is 0 Å². The molecule has 0 saturated heterocycles. The van der Waals surface area contributed by atoms with Crippen LogP contribution in [0.5, 0.6) is 0 Å². The lowest BCUT2D eigenvalue weighted by Crippen LogP contribution is -2.06. The van der Waals surface area contributed by atoms with E-state index < -0.39 is 0 Å². The molecule has 0 bridgehead atoms. The van der Waals surface area contributed by atoms with Crippen LogP contribution in [-0.4, -0.2) is 9.97 Å². The highest BCUT2D eigenvalue weighted by Gasteiger charge is 2.14. The molecule has 0 spiro atoms. The first-order valence-electron chi connectivity index (χ1n) is 7.31. The quantitative estimate of drug-likeness (QED) is 0.921. The summed E-state index contributed by atoms with van der Waals surface area (Å²) in [5.74, 6) is 2.22. The molecule has 0 amide bonds. The molecule has 106 valence electrons. The van der Waals surface area contributed by atoms with Crippen LogP contribution >= 0.6 is 11.3 Å². The monoisotopic (exact) mass is 287 g/mol. The number of hydrogen-bond donors (Lipinski definition) is 1. The molecule has 0 unspecified atom stereocenters. The predicted molar refractivity (Wildman–Crippen MR) is 84.5 cm³/mol. The minimum absolute atomic E-state index is 0.362. The van der Waals surface area contributed by atoms with Crippen molar-refractivity contribution in [1.82, 2.24) is 9.97 Å². The third kappa shape index (κ3) is 2.85. The number of nitrogens with one attached hydrogen (secondary N) is 1. The van der Waals surface area contributed by atoms with Crippen molar-refractivity contribution >= 4 is 17.2 Å². The molecule has 0 atom stereocenters. The Morgan fingerprint density at radius 1 is 1.25 bits per heavy atom. The van der Waals surface area contributed by atoms with Crippen LogP contribution in [0, 0.1) is 6.92 Å². The minimum atomic E-state index is 0.362. The van der Waals surface area contributed by atoms with Gasteiger partial charge < -0.3 is 5.32 Å². The maximum atomic E-state index is 4.59. The smallest absolute Gasteiger partial charge is 0.133 e. The number of nitrogens with zero attached hydrogens (tertiary/aromatic N) is 2. The van der Waals surface area contributed by atoms with E-state index in [4.69, 9.17) is 0 Å². The summed E-state index contributed by atoms with van der Waals surface area (Å²) in [7, 11) is 0. The lowest BCUT2D eigenvalue weighted by Gasteiger charge is -2.09. The summed E-state index contributed by atoms with van der Waals surface area (Å²) < 4.78 is 0. The summed E-state index contributed by atoms with van der Waals surface area (Å²) in [6, 6.07) is 4.38. The van der Waals surface area contributed by atoms with Gasteiger partial charge in [-0.15, -0.1) is 11.3 Å². The Labute approximate surface area is 124 Å². The fourth-order valence-corrected chi connectivity index (χ4v) is 3.80. The van der Waals surface area contributed by atoms with E-state index in [9.17, 15) is 0 Å². The van der Waals surface area contributed by atoms with E-state index in [1.165, 1.54) is 24.1 Å². The van der Waals surface area contributed by atoms with Crippen LogP contribution in [0.3, 0.4) is 0 Å². The third-order valence-electron chi connectivity index (χ3n) is 3.63. The standard InChI is InChI=1S/C16H21N3S/c1-10(2)16-18-11(3)7-15(19-16)17-9-13-8-12-5-4-6-14(12)20-13/h7-8,10H,4-6,9H2,1-3H3,(H,17,18,19). The van der Waals surface area contributed by atoms with Gasteiger partial charge in [0.25, 0.3) is 0 Å². The second-order valence-electron chi connectivity index (χ2n) is 5.78. The van der Waals surface area contributed by atoms with Crippen LogP contribution in [0.1, 0.15) is 53.0 Å². The number of thiophene rings is 1. The first-order valence-corrected chi connectivity index (χ1v) is 8.13. The summed E-state index contributed by atoms with van der Waals surface area (Å²) in [5, 5.41) is 3.45. The van der Waals surface area contributed by atoms with E-state index >= 15 is 0 Å². The van der Waals surface area contributed by atoms with Crippen LogP contribution < -0.4 is 5.32 Å².